The fourth-order valence-electron chi connectivity index (χ4n) is 5.58. The minimum atomic E-state index is -0.0642. The van der Waals surface area contributed by atoms with Gasteiger partial charge in [0.15, 0.2) is 0 Å². The number of nitrogens with one attached hydrogen (secondary N) is 1. The zero-order chi connectivity index (χ0) is 25.1. The average molecular weight is 468 g/mol. The van der Waals surface area contributed by atoms with Gasteiger partial charge in [0, 0.05) is 16.8 Å². The summed E-state index contributed by atoms with van der Waals surface area (Å²) >= 11 is 0. The van der Waals surface area contributed by atoms with Crippen LogP contribution in [0.3, 0.4) is 0 Å². The maximum atomic E-state index is 3.63. The van der Waals surface area contributed by atoms with Crippen LogP contribution in [0.1, 0.15) is 51.3 Å². The van der Waals surface area contributed by atoms with Crippen molar-refractivity contribution in [3.05, 3.63) is 120 Å². The molecule has 5 aromatic carbocycles. The lowest BCUT2D eigenvalue weighted by Crippen LogP contribution is -2.15. The molecular weight excluding hydrogens is 434 g/mol. The van der Waals surface area contributed by atoms with Crippen LogP contribution in [0.2, 0.25) is 0 Å². The summed E-state index contributed by atoms with van der Waals surface area (Å²) in [7, 11) is 0. The van der Waals surface area contributed by atoms with E-state index in [2.05, 4.69) is 143 Å². The van der Waals surface area contributed by atoms with Crippen molar-refractivity contribution in [2.75, 3.05) is 5.32 Å². The molecule has 1 N–H and O–H groups in total. The Hall–Kier alpha value is -3.84. The van der Waals surface area contributed by atoms with Gasteiger partial charge in [0.2, 0.25) is 0 Å². The van der Waals surface area contributed by atoms with Crippen LogP contribution in [0.15, 0.2) is 103 Å². The second kappa shape index (κ2) is 8.10. The summed E-state index contributed by atoms with van der Waals surface area (Å²) in [5.41, 5.74) is 11.7. The van der Waals surface area contributed by atoms with Gasteiger partial charge in [-0.25, -0.2) is 0 Å². The Morgan fingerprint density at radius 1 is 0.556 bits per heavy atom. The third kappa shape index (κ3) is 3.80. The maximum absolute atomic E-state index is 3.63. The van der Waals surface area contributed by atoms with Gasteiger partial charge in [-0.1, -0.05) is 101 Å². The van der Waals surface area contributed by atoms with Gasteiger partial charge in [0.25, 0.3) is 0 Å². The molecular formula is C35H33N. The normalized spacial score (nSPS) is 13.9. The highest BCUT2D eigenvalue weighted by atomic mass is 14.9. The maximum Gasteiger partial charge on any atom is 0.0387 e. The van der Waals surface area contributed by atoms with E-state index in [-0.39, 0.29) is 10.8 Å². The summed E-state index contributed by atoms with van der Waals surface area (Å²) < 4.78 is 0. The molecule has 36 heavy (non-hydrogen) atoms. The summed E-state index contributed by atoms with van der Waals surface area (Å²) in [6.07, 6.45) is 0. The van der Waals surface area contributed by atoms with E-state index >= 15 is 0 Å². The van der Waals surface area contributed by atoms with Crippen LogP contribution in [0.25, 0.3) is 33.0 Å². The largest absolute Gasteiger partial charge is 0.356 e. The van der Waals surface area contributed by atoms with Crippen LogP contribution in [0.4, 0.5) is 11.4 Å². The molecule has 1 aliphatic carbocycles. The summed E-state index contributed by atoms with van der Waals surface area (Å²) in [5.74, 6) is 0. The molecule has 1 aliphatic rings. The molecule has 0 saturated carbocycles. The van der Waals surface area contributed by atoms with E-state index in [1.807, 2.05) is 0 Å². The third-order valence-corrected chi connectivity index (χ3v) is 7.80. The molecule has 0 heterocycles. The first kappa shape index (κ1) is 22.6. The van der Waals surface area contributed by atoms with Crippen molar-refractivity contribution in [3.63, 3.8) is 0 Å². The average Bonchev–Trinajstić information content (AvgIpc) is 3.09. The predicted molar refractivity (Wildman–Crippen MR) is 155 cm³/mol. The fraction of sp³-hybridized carbons (Fsp3) is 0.200. The van der Waals surface area contributed by atoms with Crippen molar-refractivity contribution < 1.29 is 0 Å². The summed E-state index contributed by atoms with van der Waals surface area (Å²) in [6, 6.07) is 38.0. The second-order valence-electron chi connectivity index (χ2n) is 11.7. The second-order valence-corrected chi connectivity index (χ2v) is 11.7. The lowest BCUT2D eigenvalue weighted by Gasteiger charge is -2.23. The first-order valence-corrected chi connectivity index (χ1v) is 12.9. The standard InChI is InChI=1S/C35H33N/c1-34(2,3)27-13-15-28(16-14-27)36-29-17-19-31-30-18-12-26(21-32(30)35(4,5)33(31)22-29)25-11-10-23-8-6-7-9-24(23)20-25/h6-22,36H,1-5H3. The highest BCUT2D eigenvalue weighted by molar-refractivity contribution is 5.89. The highest BCUT2D eigenvalue weighted by Crippen LogP contribution is 2.50. The van der Waals surface area contributed by atoms with Crippen molar-refractivity contribution in [1.29, 1.82) is 0 Å². The number of rotatable bonds is 3. The van der Waals surface area contributed by atoms with E-state index < -0.39 is 0 Å². The Bertz CT molecular complexity index is 1600. The zero-order valence-electron chi connectivity index (χ0n) is 21.8. The molecule has 1 nitrogen and oxygen atoms in total. The highest BCUT2D eigenvalue weighted by Gasteiger charge is 2.35. The van der Waals surface area contributed by atoms with Crippen LogP contribution >= 0.6 is 0 Å². The van der Waals surface area contributed by atoms with Gasteiger partial charge >= 0.3 is 0 Å². The number of benzene rings is 5. The van der Waals surface area contributed by atoms with E-state index in [0.717, 1.165) is 11.4 Å². The Kier molecular flexibility index (Phi) is 5.09. The molecule has 1 heteroatoms. The molecule has 6 rings (SSSR count). The number of hydrogen-bond acceptors (Lipinski definition) is 1. The summed E-state index contributed by atoms with van der Waals surface area (Å²) in [4.78, 5) is 0. The molecule has 178 valence electrons. The van der Waals surface area contributed by atoms with E-state index in [4.69, 9.17) is 0 Å². The van der Waals surface area contributed by atoms with Crippen molar-refractivity contribution in [2.24, 2.45) is 0 Å². The summed E-state index contributed by atoms with van der Waals surface area (Å²) in [5, 5.41) is 6.19. The third-order valence-electron chi connectivity index (χ3n) is 7.80. The predicted octanol–water partition coefficient (Wildman–Crippen LogP) is 9.85. The van der Waals surface area contributed by atoms with E-state index in [9.17, 15) is 0 Å². The molecule has 0 fully saturated rings. The van der Waals surface area contributed by atoms with Gasteiger partial charge in [-0.2, -0.15) is 0 Å². The molecule has 0 aromatic heterocycles. The van der Waals surface area contributed by atoms with E-state index in [0.29, 0.717) is 0 Å². The van der Waals surface area contributed by atoms with Gasteiger partial charge in [-0.3, -0.25) is 0 Å². The minimum Gasteiger partial charge on any atom is -0.356 e. The van der Waals surface area contributed by atoms with Crippen molar-refractivity contribution >= 4 is 22.1 Å². The van der Waals surface area contributed by atoms with Crippen LogP contribution in [0.5, 0.6) is 0 Å². The SMILES string of the molecule is CC(C)(C)c1ccc(Nc2ccc3c(c2)C(C)(C)c2cc(-c4ccc5ccccc5c4)ccc2-3)cc1. The van der Waals surface area contributed by atoms with E-state index in [1.165, 1.54) is 49.7 Å². The molecule has 0 radical (unpaired) electrons. The first-order valence-electron chi connectivity index (χ1n) is 12.9. The van der Waals surface area contributed by atoms with Crippen LogP contribution < -0.4 is 5.32 Å². The number of fused-ring (bicyclic) bond motifs is 4. The zero-order valence-corrected chi connectivity index (χ0v) is 21.8. The molecule has 0 atom stereocenters. The Balaban J connectivity index is 1.33. The van der Waals surface area contributed by atoms with Gasteiger partial charge in [0.05, 0.1) is 0 Å². The molecule has 0 bridgehead atoms. The quantitative estimate of drug-likeness (QED) is 0.278. The van der Waals surface area contributed by atoms with Gasteiger partial charge in [-0.15, -0.1) is 0 Å². The van der Waals surface area contributed by atoms with Crippen LogP contribution in [-0.2, 0) is 10.8 Å². The van der Waals surface area contributed by atoms with Crippen molar-refractivity contribution in [3.8, 4) is 22.3 Å². The topological polar surface area (TPSA) is 12.0 Å². The Morgan fingerprint density at radius 2 is 1.14 bits per heavy atom. The molecule has 0 amide bonds. The van der Waals surface area contributed by atoms with Crippen molar-refractivity contribution in [2.45, 2.75) is 45.4 Å². The van der Waals surface area contributed by atoms with Gasteiger partial charge in [-0.05, 0) is 91.5 Å². The van der Waals surface area contributed by atoms with E-state index in [1.54, 1.807) is 0 Å². The Morgan fingerprint density at radius 3 is 1.86 bits per heavy atom. The lowest BCUT2D eigenvalue weighted by atomic mass is 9.81. The van der Waals surface area contributed by atoms with Gasteiger partial charge < -0.3 is 5.32 Å². The molecule has 0 saturated heterocycles. The molecule has 0 unspecified atom stereocenters. The summed E-state index contributed by atoms with van der Waals surface area (Å²) in [6.45, 7) is 11.5. The minimum absolute atomic E-state index is 0.0642. The lowest BCUT2D eigenvalue weighted by molar-refractivity contribution is 0.590. The first-order chi connectivity index (χ1) is 17.2. The fourth-order valence-corrected chi connectivity index (χ4v) is 5.58. The Labute approximate surface area is 214 Å². The number of hydrogen-bond donors (Lipinski definition) is 1. The van der Waals surface area contributed by atoms with Crippen molar-refractivity contribution in [1.82, 2.24) is 0 Å². The number of anilines is 2. The monoisotopic (exact) mass is 467 g/mol. The molecule has 5 aromatic rings. The molecule has 0 spiro atoms. The molecule has 0 aliphatic heterocycles. The smallest absolute Gasteiger partial charge is 0.0387 e. The van der Waals surface area contributed by atoms with Crippen LogP contribution in [-0.4, -0.2) is 0 Å². The van der Waals surface area contributed by atoms with Gasteiger partial charge in [0.1, 0.15) is 0 Å². The van der Waals surface area contributed by atoms with Crippen LogP contribution in [0, 0.1) is 0 Å².